The molecule has 0 saturated heterocycles. The molecule has 1 aromatic heterocycles. The summed E-state index contributed by atoms with van der Waals surface area (Å²) in [6.45, 7) is 4.82. The van der Waals surface area contributed by atoms with E-state index in [-0.39, 0.29) is 10.7 Å². The van der Waals surface area contributed by atoms with Gasteiger partial charge in [-0.3, -0.25) is 4.98 Å². The first-order valence-electron chi connectivity index (χ1n) is 6.36. The summed E-state index contributed by atoms with van der Waals surface area (Å²) in [6, 6.07) is 9.05. The fraction of sp³-hybridized carbons (Fsp3) is 0.200. The van der Waals surface area contributed by atoms with Gasteiger partial charge in [-0.25, -0.2) is 0 Å². The van der Waals surface area contributed by atoms with Crippen molar-refractivity contribution in [1.29, 1.82) is 0 Å². The number of aryl methyl sites for hydroxylation is 1. The average Bonchev–Trinajstić information content (AvgIpc) is 2.44. The zero-order chi connectivity index (χ0) is 14.7. The molecule has 1 heterocycles. The molecule has 2 aromatic rings. The minimum absolute atomic E-state index is 0.247. The number of nitrogens with two attached hydrogens (primary N) is 1. The van der Waals surface area contributed by atoms with E-state index in [1.165, 1.54) is 0 Å². The van der Waals surface area contributed by atoms with Crippen LogP contribution in [-0.4, -0.2) is 21.6 Å². The Hall–Kier alpha value is -2.14. The fourth-order valence-corrected chi connectivity index (χ4v) is 2.19. The van der Waals surface area contributed by atoms with Gasteiger partial charge in [0.1, 0.15) is 10.7 Å². The number of benzene rings is 1. The van der Waals surface area contributed by atoms with E-state index in [1.807, 2.05) is 26.0 Å². The number of aromatic hydroxyl groups is 1. The molecule has 0 saturated carbocycles. The maximum Gasteiger partial charge on any atom is 0.122 e. The van der Waals surface area contributed by atoms with Gasteiger partial charge in [0.25, 0.3) is 0 Å². The summed E-state index contributed by atoms with van der Waals surface area (Å²) in [7, 11) is 0. The second kappa shape index (κ2) is 5.88. The summed E-state index contributed by atoms with van der Waals surface area (Å²) in [5.41, 5.74) is 9.13. The Morgan fingerprint density at radius 1 is 1.35 bits per heavy atom. The number of nitrogens with zero attached hydrogens (tertiary/aromatic N) is 2. The van der Waals surface area contributed by atoms with E-state index in [0.717, 1.165) is 23.5 Å². The molecule has 0 fully saturated rings. The molecule has 0 atom stereocenters. The van der Waals surface area contributed by atoms with Crippen molar-refractivity contribution in [1.82, 2.24) is 4.98 Å². The van der Waals surface area contributed by atoms with Crippen LogP contribution in [0.5, 0.6) is 5.75 Å². The third kappa shape index (κ3) is 2.88. The highest BCUT2D eigenvalue weighted by atomic mass is 32.1. The van der Waals surface area contributed by atoms with Crippen LogP contribution in [0.2, 0.25) is 0 Å². The Balaban J connectivity index is 2.41. The molecule has 0 aliphatic heterocycles. The van der Waals surface area contributed by atoms with Gasteiger partial charge < -0.3 is 15.7 Å². The summed E-state index contributed by atoms with van der Waals surface area (Å²) >= 11 is 4.90. The molecule has 5 heteroatoms. The predicted molar refractivity (Wildman–Crippen MR) is 85.6 cm³/mol. The lowest BCUT2D eigenvalue weighted by atomic mass is 10.1. The molecule has 0 amide bonds. The molecule has 104 valence electrons. The third-order valence-electron chi connectivity index (χ3n) is 3.11. The van der Waals surface area contributed by atoms with Gasteiger partial charge in [-0.15, -0.1) is 0 Å². The van der Waals surface area contributed by atoms with Crippen LogP contribution in [0.25, 0.3) is 0 Å². The molecular formula is C15H17N3OS. The number of hydrogen-bond donors (Lipinski definition) is 2. The van der Waals surface area contributed by atoms with Gasteiger partial charge in [-0.1, -0.05) is 18.3 Å². The zero-order valence-corrected chi connectivity index (χ0v) is 12.3. The highest BCUT2D eigenvalue weighted by Gasteiger charge is 2.11. The Kier molecular flexibility index (Phi) is 4.20. The molecule has 3 N–H and O–H groups in total. The summed E-state index contributed by atoms with van der Waals surface area (Å²) in [5.74, 6) is 0.247. The van der Waals surface area contributed by atoms with Gasteiger partial charge >= 0.3 is 0 Å². The Bertz CT molecular complexity index is 626. The first-order valence-corrected chi connectivity index (χ1v) is 6.76. The van der Waals surface area contributed by atoms with Gasteiger partial charge in [0.2, 0.25) is 0 Å². The van der Waals surface area contributed by atoms with E-state index in [2.05, 4.69) is 9.88 Å². The third-order valence-corrected chi connectivity index (χ3v) is 3.32. The van der Waals surface area contributed by atoms with Gasteiger partial charge in [0.15, 0.2) is 0 Å². The number of pyridine rings is 1. The van der Waals surface area contributed by atoms with Gasteiger partial charge in [0, 0.05) is 18.3 Å². The number of phenols is 1. The molecule has 0 radical (unpaired) electrons. The number of phenolic OH excluding ortho intramolecular Hbond substituents is 1. The van der Waals surface area contributed by atoms with Gasteiger partial charge in [-0.05, 0) is 37.6 Å². The monoisotopic (exact) mass is 287 g/mol. The van der Waals surface area contributed by atoms with Gasteiger partial charge in [0.05, 0.1) is 17.6 Å². The van der Waals surface area contributed by atoms with E-state index >= 15 is 0 Å². The van der Waals surface area contributed by atoms with Crippen molar-refractivity contribution in [3.8, 4) is 5.75 Å². The Morgan fingerprint density at radius 2 is 2.10 bits per heavy atom. The molecule has 4 nitrogen and oxygen atoms in total. The lowest BCUT2D eigenvalue weighted by molar-refractivity contribution is 0.475. The second-order valence-electron chi connectivity index (χ2n) is 4.48. The summed E-state index contributed by atoms with van der Waals surface area (Å²) < 4.78 is 0. The van der Waals surface area contributed by atoms with Gasteiger partial charge in [-0.2, -0.15) is 0 Å². The van der Waals surface area contributed by atoms with Crippen molar-refractivity contribution < 1.29 is 5.11 Å². The average molecular weight is 287 g/mol. The van der Waals surface area contributed by atoms with E-state index < -0.39 is 0 Å². The Labute approximate surface area is 123 Å². The van der Waals surface area contributed by atoms with Crippen molar-refractivity contribution >= 4 is 28.6 Å². The van der Waals surface area contributed by atoms with Crippen LogP contribution < -0.4 is 10.6 Å². The Morgan fingerprint density at radius 3 is 2.65 bits per heavy atom. The van der Waals surface area contributed by atoms with Crippen LogP contribution in [0.15, 0.2) is 36.5 Å². The lowest BCUT2D eigenvalue weighted by Gasteiger charge is -2.25. The highest BCUT2D eigenvalue weighted by molar-refractivity contribution is 7.80. The van der Waals surface area contributed by atoms with E-state index in [4.69, 9.17) is 18.0 Å². The molecule has 0 unspecified atom stereocenters. The van der Waals surface area contributed by atoms with E-state index in [9.17, 15) is 5.11 Å². The second-order valence-corrected chi connectivity index (χ2v) is 4.92. The van der Waals surface area contributed by atoms with E-state index in [1.54, 1.807) is 24.4 Å². The fourth-order valence-electron chi connectivity index (χ4n) is 2.07. The quantitative estimate of drug-likeness (QED) is 0.847. The maximum absolute atomic E-state index is 9.67. The molecule has 0 spiro atoms. The lowest BCUT2D eigenvalue weighted by Crippen LogP contribution is -2.18. The number of rotatable bonds is 4. The number of anilines is 2. The van der Waals surface area contributed by atoms with Crippen LogP contribution in [0.3, 0.4) is 0 Å². The SMILES string of the molecule is CCN(c1ccc(C(N)=S)nc1)c1cc(O)ccc1C. The number of hydrogen-bond acceptors (Lipinski definition) is 4. The van der Waals surface area contributed by atoms with Crippen molar-refractivity contribution in [3.63, 3.8) is 0 Å². The topological polar surface area (TPSA) is 62.4 Å². The van der Waals surface area contributed by atoms with Crippen LogP contribution in [0, 0.1) is 6.92 Å². The smallest absolute Gasteiger partial charge is 0.122 e. The molecule has 1 aromatic carbocycles. The summed E-state index contributed by atoms with van der Waals surface area (Å²) in [6.07, 6.45) is 1.74. The van der Waals surface area contributed by atoms with Crippen LogP contribution in [-0.2, 0) is 0 Å². The molecule has 20 heavy (non-hydrogen) atoms. The first kappa shape index (κ1) is 14.3. The minimum atomic E-state index is 0.247. The normalized spacial score (nSPS) is 10.3. The van der Waals surface area contributed by atoms with Crippen molar-refractivity contribution in [2.75, 3.05) is 11.4 Å². The molecule has 0 aliphatic carbocycles. The number of aromatic nitrogens is 1. The summed E-state index contributed by atoms with van der Waals surface area (Å²) in [4.78, 5) is 6.61. The molecule has 0 bridgehead atoms. The highest BCUT2D eigenvalue weighted by Crippen LogP contribution is 2.30. The van der Waals surface area contributed by atoms with E-state index in [0.29, 0.717) is 5.69 Å². The summed E-state index contributed by atoms with van der Waals surface area (Å²) in [5, 5.41) is 9.67. The largest absolute Gasteiger partial charge is 0.508 e. The number of thiocarbonyl (C=S) groups is 1. The van der Waals surface area contributed by atoms with Crippen molar-refractivity contribution in [2.45, 2.75) is 13.8 Å². The predicted octanol–water partition coefficient (Wildman–Crippen LogP) is 2.89. The first-order chi connectivity index (χ1) is 9.52. The standard InChI is InChI=1S/C15H17N3OS/c1-3-18(14-8-12(19)6-4-10(14)2)11-5-7-13(15(16)20)17-9-11/h4-9,19H,3H2,1-2H3,(H2,16,20). The molecule has 0 aliphatic rings. The van der Waals surface area contributed by atoms with Crippen LogP contribution in [0.4, 0.5) is 11.4 Å². The zero-order valence-electron chi connectivity index (χ0n) is 11.5. The van der Waals surface area contributed by atoms with Crippen molar-refractivity contribution in [2.24, 2.45) is 5.73 Å². The molecule has 2 rings (SSSR count). The van der Waals surface area contributed by atoms with Crippen LogP contribution >= 0.6 is 12.2 Å². The van der Waals surface area contributed by atoms with Crippen molar-refractivity contribution in [3.05, 3.63) is 47.8 Å². The van der Waals surface area contributed by atoms with Crippen LogP contribution in [0.1, 0.15) is 18.2 Å². The minimum Gasteiger partial charge on any atom is -0.508 e. The maximum atomic E-state index is 9.67. The molecular weight excluding hydrogens is 270 g/mol.